The number of amides is 1. The fourth-order valence-electron chi connectivity index (χ4n) is 0.997. The lowest BCUT2D eigenvalue weighted by Gasteiger charge is -2.00. The Labute approximate surface area is 92.0 Å². The monoisotopic (exact) mass is 224 g/mol. The molecule has 0 radical (unpaired) electrons. The molecule has 0 unspecified atom stereocenters. The number of primary amides is 1. The van der Waals surface area contributed by atoms with Gasteiger partial charge in [-0.15, -0.1) is 11.8 Å². The first-order valence-electron chi connectivity index (χ1n) is 4.34. The first-order valence-corrected chi connectivity index (χ1v) is 5.50. The van der Waals surface area contributed by atoms with Gasteiger partial charge in [-0.25, -0.2) is 0 Å². The van der Waals surface area contributed by atoms with Gasteiger partial charge in [-0.1, -0.05) is 0 Å². The van der Waals surface area contributed by atoms with Gasteiger partial charge in [-0.05, 0) is 24.3 Å². The summed E-state index contributed by atoms with van der Waals surface area (Å²) in [6.45, 7) is 0. The molecule has 0 heterocycles. The van der Waals surface area contributed by atoms with Gasteiger partial charge in [0, 0.05) is 11.3 Å². The lowest BCUT2D eigenvalue weighted by atomic mass is 10.1. The molecule has 5 heteroatoms. The van der Waals surface area contributed by atoms with Crippen LogP contribution >= 0.6 is 11.8 Å². The molecule has 0 aliphatic rings. The van der Waals surface area contributed by atoms with E-state index in [0.717, 1.165) is 0 Å². The van der Waals surface area contributed by atoms with E-state index in [1.807, 2.05) is 0 Å². The largest absolute Gasteiger partial charge is 0.399 e. The van der Waals surface area contributed by atoms with E-state index >= 15 is 0 Å². The second-order valence-electron chi connectivity index (χ2n) is 3.00. The fourth-order valence-corrected chi connectivity index (χ4v) is 1.65. The number of Topliss-reactive ketones (excluding diaryl/α,β-unsaturated/α-hetero) is 1. The molecule has 15 heavy (non-hydrogen) atoms. The highest BCUT2D eigenvalue weighted by atomic mass is 32.2. The standard InChI is InChI=1S/C10H12N2O2S/c11-8-3-1-7(2-4-8)9(13)5-15-6-10(12)14/h1-4H,5-6,11H2,(H2,12,14). The number of nitrogens with two attached hydrogens (primary N) is 2. The van der Waals surface area contributed by atoms with Crippen molar-refractivity contribution in [1.29, 1.82) is 0 Å². The third-order valence-corrected chi connectivity index (χ3v) is 2.67. The number of anilines is 1. The summed E-state index contributed by atoms with van der Waals surface area (Å²) in [6.07, 6.45) is 0. The van der Waals surface area contributed by atoms with Crippen LogP contribution < -0.4 is 11.5 Å². The lowest BCUT2D eigenvalue weighted by Crippen LogP contribution is -2.15. The number of ketones is 1. The van der Waals surface area contributed by atoms with Gasteiger partial charge in [-0.3, -0.25) is 9.59 Å². The molecule has 0 bridgehead atoms. The van der Waals surface area contributed by atoms with Crippen LogP contribution in [0, 0.1) is 0 Å². The average Bonchev–Trinajstić information content (AvgIpc) is 2.18. The summed E-state index contributed by atoms with van der Waals surface area (Å²) in [5.41, 5.74) is 11.7. The minimum atomic E-state index is -0.412. The Morgan fingerprint density at radius 2 is 1.73 bits per heavy atom. The van der Waals surface area contributed by atoms with Gasteiger partial charge in [0.1, 0.15) is 0 Å². The zero-order valence-corrected chi connectivity index (χ0v) is 8.92. The SMILES string of the molecule is NC(=O)CSCC(=O)c1ccc(N)cc1. The van der Waals surface area contributed by atoms with Crippen LogP contribution in [0.5, 0.6) is 0 Å². The van der Waals surface area contributed by atoms with Crippen molar-refractivity contribution in [2.75, 3.05) is 17.2 Å². The Morgan fingerprint density at radius 3 is 2.27 bits per heavy atom. The van der Waals surface area contributed by atoms with Gasteiger partial charge in [0.15, 0.2) is 5.78 Å². The van der Waals surface area contributed by atoms with E-state index < -0.39 is 5.91 Å². The van der Waals surface area contributed by atoms with Crippen LogP contribution in [0.2, 0.25) is 0 Å². The van der Waals surface area contributed by atoms with Crippen LogP contribution in [0.25, 0.3) is 0 Å². The Bertz CT molecular complexity index is 362. The predicted molar refractivity (Wildman–Crippen MR) is 61.7 cm³/mol. The summed E-state index contributed by atoms with van der Waals surface area (Å²) in [4.78, 5) is 22.0. The molecule has 1 aromatic carbocycles. The van der Waals surface area contributed by atoms with E-state index in [0.29, 0.717) is 11.3 Å². The molecule has 1 rings (SSSR count). The number of carbonyl (C=O) groups excluding carboxylic acids is 2. The minimum Gasteiger partial charge on any atom is -0.399 e. The summed E-state index contributed by atoms with van der Waals surface area (Å²) in [5, 5.41) is 0. The number of hydrogen-bond donors (Lipinski definition) is 2. The van der Waals surface area contributed by atoms with Crippen LogP contribution in [0.3, 0.4) is 0 Å². The molecule has 80 valence electrons. The number of nitrogen functional groups attached to an aromatic ring is 1. The van der Waals surface area contributed by atoms with Crippen LogP contribution in [0.1, 0.15) is 10.4 Å². The molecule has 0 aromatic heterocycles. The van der Waals surface area contributed by atoms with Gasteiger partial charge in [0.05, 0.1) is 11.5 Å². The Kier molecular flexibility index (Phi) is 4.17. The fraction of sp³-hybridized carbons (Fsp3) is 0.200. The van der Waals surface area contributed by atoms with Gasteiger partial charge < -0.3 is 11.5 Å². The second-order valence-corrected chi connectivity index (χ2v) is 3.99. The number of rotatable bonds is 5. The van der Waals surface area contributed by atoms with Crippen LogP contribution in [-0.4, -0.2) is 23.2 Å². The Hall–Kier alpha value is -1.49. The van der Waals surface area contributed by atoms with Crippen LogP contribution in [0.15, 0.2) is 24.3 Å². The van der Waals surface area contributed by atoms with E-state index in [-0.39, 0.29) is 17.3 Å². The van der Waals surface area contributed by atoms with Crippen LogP contribution in [0.4, 0.5) is 5.69 Å². The molecule has 0 aliphatic carbocycles. The molecule has 0 fully saturated rings. The lowest BCUT2D eigenvalue weighted by molar-refractivity contribution is -0.115. The summed E-state index contributed by atoms with van der Waals surface area (Å²) in [6, 6.07) is 6.68. The molecular formula is C10H12N2O2S. The van der Waals surface area contributed by atoms with Crippen molar-refractivity contribution in [2.45, 2.75) is 0 Å². The highest BCUT2D eigenvalue weighted by molar-refractivity contribution is 8.00. The topological polar surface area (TPSA) is 86.2 Å². The van der Waals surface area contributed by atoms with Crippen molar-refractivity contribution >= 4 is 29.1 Å². The van der Waals surface area contributed by atoms with Crippen molar-refractivity contribution < 1.29 is 9.59 Å². The van der Waals surface area contributed by atoms with Gasteiger partial charge in [0.2, 0.25) is 5.91 Å². The van der Waals surface area contributed by atoms with Crippen molar-refractivity contribution in [2.24, 2.45) is 5.73 Å². The first kappa shape index (κ1) is 11.6. The van der Waals surface area contributed by atoms with Crippen molar-refractivity contribution in [3.05, 3.63) is 29.8 Å². The van der Waals surface area contributed by atoms with E-state index in [4.69, 9.17) is 11.5 Å². The Morgan fingerprint density at radius 1 is 1.13 bits per heavy atom. The maximum Gasteiger partial charge on any atom is 0.227 e. The van der Waals surface area contributed by atoms with E-state index in [1.165, 1.54) is 11.8 Å². The highest BCUT2D eigenvalue weighted by Crippen LogP contribution is 2.09. The minimum absolute atomic E-state index is 0.0266. The molecule has 1 aromatic rings. The quantitative estimate of drug-likeness (QED) is 0.568. The van der Waals surface area contributed by atoms with Crippen molar-refractivity contribution in [1.82, 2.24) is 0 Å². The number of thioether (sulfide) groups is 1. The van der Waals surface area contributed by atoms with Gasteiger partial charge >= 0.3 is 0 Å². The van der Waals surface area contributed by atoms with Crippen molar-refractivity contribution in [3.63, 3.8) is 0 Å². The third kappa shape index (κ3) is 4.03. The molecular weight excluding hydrogens is 212 g/mol. The zero-order chi connectivity index (χ0) is 11.3. The Balaban J connectivity index is 2.47. The van der Waals surface area contributed by atoms with Crippen LogP contribution in [-0.2, 0) is 4.79 Å². The normalized spacial score (nSPS) is 9.87. The summed E-state index contributed by atoms with van der Waals surface area (Å²) >= 11 is 1.21. The maximum absolute atomic E-state index is 11.5. The molecule has 0 aliphatic heterocycles. The van der Waals surface area contributed by atoms with E-state index in [2.05, 4.69) is 0 Å². The number of carbonyl (C=O) groups is 2. The summed E-state index contributed by atoms with van der Waals surface area (Å²) in [5.74, 6) is -0.0144. The highest BCUT2D eigenvalue weighted by Gasteiger charge is 2.06. The van der Waals surface area contributed by atoms with E-state index in [1.54, 1.807) is 24.3 Å². The molecule has 0 spiro atoms. The third-order valence-electron chi connectivity index (χ3n) is 1.71. The number of hydrogen-bond acceptors (Lipinski definition) is 4. The molecule has 1 amide bonds. The second kappa shape index (κ2) is 5.41. The molecule has 4 nitrogen and oxygen atoms in total. The van der Waals surface area contributed by atoms with E-state index in [9.17, 15) is 9.59 Å². The molecule has 4 N–H and O–H groups in total. The first-order chi connectivity index (χ1) is 7.09. The summed E-state index contributed by atoms with van der Waals surface area (Å²) < 4.78 is 0. The van der Waals surface area contributed by atoms with Crippen molar-refractivity contribution in [3.8, 4) is 0 Å². The maximum atomic E-state index is 11.5. The predicted octanol–water partition coefficient (Wildman–Crippen LogP) is 0.670. The average molecular weight is 224 g/mol. The summed E-state index contributed by atoms with van der Waals surface area (Å²) in [7, 11) is 0. The smallest absolute Gasteiger partial charge is 0.227 e. The molecule has 0 atom stereocenters. The van der Waals surface area contributed by atoms with Gasteiger partial charge in [-0.2, -0.15) is 0 Å². The van der Waals surface area contributed by atoms with Gasteiger partial charge in [0.25, 0.3) is 0 Å². The molecule has 0 saturated carbocycles. The molecule has 0 saturated heterocycles. The number of benzene rings is 1. The zero-order valence-electron chi connectivity index (χ0n) is 8.10.